The maximum absolute atomic E-state index is 11.3. The van der Waals surface area contributed by atoms with E-state index in [2.05, 4.69) is 9.64 Å². The second-order valence-electron chi connectivity index (χ2n) is 4.98. The van der Waals surface area contributed by atoms with E-state index in [4.69, 9.17) is 9.84 Å². The number of methoxy groups -OCH3 is 1. The summed E-state index contributed by atoms with van der Waals surface area (Å²) in [4.78, 5) is 13.5. The lowest BCUT2D eigenvalue weighted by Gasteiger charge is -2.32. The first-order chi connectivity index (χ1) is 9.71. The molecule has 0 spiro atoms. The Morgan fingerprint density at radius 3 is 2.75 bits per heavy atom. The van der Waals surface area contributed by atoms with Crippen LogP contribution in [-0.4, -0.2) is 48.9 Å². The lowest BCUT2D eigenvalue weighted by atomic mass is 10.1. The molecule has 1 aliphatic rings. The van der Waals surface area contributed by atoms with Crippen LogP contribution in [0.25, 0.3) is 0 Å². The molecule has 110 valence electrons. The van der Waals surface area contributed by atoms with Gasteiger partial charge < -0.3 is 14.6 Å². The molecule has 1 unspecified atom stereocenters. The molecule has 1 atom stereocenters. The lowest BCUT2D eigenvalue weighted by Crippen LogP contribution is -2.42. The quantitative estimate of drug-likeness (QED) is 0.813. The van der Waals surface area contributed by atoms with Crippen LogP contribution in [0.2, 0.25) is 0 Å². The van der Waals surface area contributed by atoms with Crippen molar-refractivity contribution in [2.24, 2.45) is 0 Å². The molecule has 1 aromatic rings. The van der Waals surface area contributed by atoms with Gasteiger partial charge in [0.25, 0.3) is 0 Å². The number of hydrogen-bond acceptors (Lipinski definition) is 5. The number of nitrogens with zero attached hydrogens (tertiary/aromatic N) is 1. The molecule has 1 N–H and O–H groups in total. The third-order valence-electron chi connectivity index (χ3n) is 3.46. The van der Waals surface area contributed by atoms with Gasteiger partial charge >= 0.3 is 5.97 Å². The predicted molar refractivity (Wildman–Crippen MR) is 74.0 cm³/mol. The predicted octanol–water partition coefficient (Wildman–Crippen LogP) is 0.943. The topological polar surface area (TPSA) is 59.0 Å². The summed E-state index contributed by atoms with van der Waals surface area (Å²) >= 11 is 0. The lowest BCUT2D eigenvalue weighted by molar-refractivity contribution is -0.145. The van der Waals surface area contributed by atoms with Gasteiger partial charge in [0, 0.05) is 19.6 Å². The van der Waals surface area contributed by atoms with Crippen molar-refractivity contribution < 1.29 is 19.4 Å². The molecule has 1 heterocycles. The van der Waals surface area contributed by atoms with Crippen molar-refractivity contribution in [3.8, 4) is 0 Å². The van der Waals surface area contributed by atoms with Gasteiger partial charge in [-0.25, -0.2) is 0 Å². The van der Waals surface area contributed by atoms with E-state index in [0.29, 0.717) is 13.0 Å². The summed E-state index contributed by atoms with van der Waals surface area (Å²) < 4.78 is 10.3. The summed E-state index contributed by atoms with van der Waals surface area (Å²) in [6.45, 7) is 3.12. The monoisotopic (exact) mass is 279 g/mol. The minimum absolute atomic E-state index is 0.0685. The summed E-state index contributed by atoms with van der Waals surface area (Å²) in [5, 5.41) is 9.02. The summed E-state index contributed by atoms with van der Waals surface area (Å²) in [5.41, 5.74) is 2.11. The number of morpholine rings is 1. The Morgan fingerprint density at radius 2 is 2.10 bits per heavy atom. The van der Waals surface area contributed by atoms with Gasteiger partial charge in [-0.05, 0) is 11.1 Å². The van der Waals surface area contributed by atoms with E-state index in [-0.39, 0.29) is 18.7 Å². The third kappa shape index (κ3) is 4.30. The Hall–Kier alpha value is -1.43. The zero-order valence-electron chi connectivity index (χ0n) is 11.7. The number of carbonyl (C=O) groups is 1. The van der Waals surface area contributed by atoms with E-state index in [1.807, 2.05) is 24.3 Å². The molecule has 0 aromatic heterocycles. The number of esters is 1. The minimum Gasteiger partial charge on any atom is -0.469 e. The second kappa shape index (κ2) is 7.38. The van der Waals surface area contributed by atoms with Gasteiger partial charge in [-0.2, -0.15) is 0 Å². The van der Waals surface area contributed by atoms with Gasteiger partial charge in [-0.1, -0.05) is 24.3 Å². The van der Waals surface area contributed by atoms with E-state index in [0.717, 1.165) is 25.2 Å². The number of rotatable bonds is 5. The zero-order valence-corrected chi connectivity index (χ0v) is 11.7. The third-order valence-corrected chi connectivity index (χ3v) is 3.46. The fourth-order valence-electron chi connectivity index (χ4n) is 2.33. The summed E-state index contributed by atoms with van der Waals surface area (Å²) in [6.07, 6.45) is 0.212. The fraction of sp³-hybridized carbons (Fsp3) is 0.533. The normalized spacial score (nSPS) is 19.8. The van der Waals surface area contributed by atoms with E-state index in [1.165, 1.54) is 12.7 Å². The molecule has 5 nitrogen and oxygen atoms in total. The van der Waals surface area contributed by atoms with Crippen LogP contribution >= 0.6 is 0 Å². The van der Waals surface area contributed by atoms with Gasteiger partial charge in [-0.15, -0.1) is 0 Å². The maximum atomic E-state index is 11.3. The second-order valence-corrected chi connectivity index (χ2v) is 4.98. The highest BCUT2D eigenvalue weighted by Gasteiger charge is 2.23. The molecule has 0 radical (unpaired) electrons. The van der Waals surface area contributed by atoms with Crippen molar-refractivity contribution in [3.63, 3.8) is 0 Å². The Kier molecular flexibility index (Phi) is 5.52. The van der Waals surface area contributed by atoms with Crippen molar-refractivity contribution >= 4 is 5.97 Å². The van der Waals surface area contributed by atoms with Crippen molar-refractivity contribution in [2.75, 3.05) is 26.8 Å². The summed E-state index contributed by atoms with van der Waals surface area (Å²) in [6, 6.07) is 7.91. The van der Waals surface area contributed by atoms with Crippen LogP contribution in [0, 0.1) is 0 Å². The van der Waals surface area contributed by atoms with E-state index >= 15 is 0 Å². The molecule has 0 aliphatic carbocycles. The standard InChI is InChI=1S/C15H21NO4/c1-19-15(18)8-14-10-16(6-7-20-14)9-12-2-4-13(11-17)5-3-12/h2-5,14,17H,6-11H2,1H3. The molecule has 1 fully saturated rings. The number of benzene rings is 1. The molecule has 0 bridgehead atoms. The molecule has 0 saturated carbocycles. The minimum atomic E-state index is -0.232. The van der Waals surface area contributed by atoms with E-state index in [1.54, 1.807) is 0 Å². The highest BCUT2D eigenvalue weighted by Crippen LogP contribution is 2.13. The Labute approximate surface area is 119 Å². The molecule has 1 aliphatic heterocycles. The first kappa shape index (κ1) is 15.0. The highest BCUT2D eigenvalue weighted by molar-refractivity contribution is 5.69. The van der Waals surface area contributed by atoms with Crippen molar-refractivity contribution in [1.82, 2.24) is 4.90 Å². The van der Waals surface area contributed by atoms with Gasteiger partial charge in [0.1, 0.15) is 0 Å². The van der Waals surface area contributed by atoms with Crippen molar-refractivity contribution in [3.05, 3.63) is 35.4 Å². The number of aliphatic hydroxyl groups excluding tert-OH is 1. The summed E-state index contributed by atoms with van der Waals surface area (Å²) in [7, 11) is 1.39. The molecule has 1 saturated heterocycles. The number of aliphatic hydroxyl groups is 1. The molecule has 20 heavy (non-hydrogen) atoms. The molecule has 2 rings (SSSR count). The average molecular weight is 279 g/mol. The van der Waals surface area contributed by atoms with Crippen molar-refractivity contribution in [1.29, 1.82) is 0 Å². The molecule has 0 amide bonds. The van der Waals surface area contributed by atoms with Crippen LogP contribution in [-0.2, 0) is 27.4 Å². The first-order valence-electron chi connectivity index (χ1n) is 6.80. The number of carbonyl (C=O) groups excluding carboxylic acids is 1. The zero-order chi connectivity index (χ0) is 14.4. The van der Waals surface area contributed by atoms with Crippen LogP contribution in [0.5, 0.6) is 0 Å². The highest BCUT2D eigenvalue weighted by atomic mass is 16.5. The largest absolute Gasteiger partial charge is 0.469 e. The van der Waals surface area contributed by atoms with Crippen LogP contribution in [0.1, 0.15) is 17.5 Å². The van der Waals surface area contributed by atoms with Gasteiger partial charge in [0.15, 0.2) is 0 Å². The Balaban J connectivity index is 1.87. The van der Waals surface area contributed by atoms with Crippen LogP contribution in [0.4, 0.5) is 0 Å². The maximum Gasteiger partial charge on any atom is 0.308 e. The van der Waals surface area contributed by atoms with E-state index in [9.17, 15) is 4.79 Å². The SMILES string of the molecule is COC(=O)CC1CN(Cc2ccc(CO)cc2)CCO1. The van der Waals surface area contributed by atoms with Gasteiger partial charge in [0.05, 0.1) is 32.8 Å². The smallest absolute Gasteiger partial charge is 0.308 e. The van der Waals surface area contributed by atoms with Crippen LogP contribution < -0.4 is 0 Å². The fourth-order valence-corrected chi connectivity index (χ4v) is 2.33. The van der Waals surface area contributed by atoms with Gasteiger partial charge in [0.2, 0.25) is 0 Å². The number of hydrogen-bond donors (Lipinski definition) is 1. The molecular weight excluding hydrogens is 258 g/mol. The van der Waals surface area contributed by atoms with Gasteiger partial charge in [-0.3, -0.25) is 9.69 Å². The molecule has 1 aromatic carbocycles. The summed E-state index contributed by atoms with van der Waals surface area (Å²) in [5.74, 6) is -0.232. The molecular formula is C15H21NO4. The van der Waals surface area contributed by atoms with E-state index < -0.39 is 0 Å². The Morgan fingerprint density at radius 1 is 1.40 bits per heavy atom. The molecule has 5 heteroatoms. The average Bonchev–Trinajstić information content (AvgIpc) is 2.48. The number of ether oxygens (including phenoxy) is 2. The van der Waals surface area contributed by atoms with Crippen molar-refractivity contribution in [2.45, 2.75) is 25.7 Å². The Bertz CT molecular complexity index is 432. The van der Waals surface area contributed by atoms with Crippen LogP contribution in [0.15, 0.2) is 24.3 Å². The van der Waals surface area contributed by atoms with Crippen LogP contribution in [0.3, 0.4) is 0 Å². The first-order valence-corrected chi connectivity index (χ1v) is 6.80.